The van der Waals surface area contributed by atoms with Crippen molar-refractivity contribution in [3.63, 3.8) is 0 Å². The quantitative estimate of drug-likeness (QED) is 0.488. The molecule has 154 valence electrons. The Morgan fingerprint density at radius 1 is 1.33 bits per heavy atom. The number of carbonyl (C=O) groups excluding carboxylic acids is 1. The fraction of sp³-hybridized carbons (Fsp3) is 0.227. The van der Waals surface area contributed by atoms with Gasteiger partial charge in [0.2, 0.25) is 11.8 Å². The smallest absolute Gasteiger partial charge is 0.236 e. The molecule has 0 aliphatic rings. The van der Waals surface area contributed by atoms with E-state index in [1.807, 2.05) is 66.5 Å². The van der Waals surface area contributed by atoms with E-state index in [4.69, 9.17) is 9.15 Å². The Balaban J connectivity index is 1.57. The van der Waals surface area contributed by atoms with Crippen LogP contribution in [0.4, 0.5) is 0 Å². The Morgan fingerprint density at radius 2 is 2.20 bits per heavy atom. The predicted molar refractivity (Wildman–Crippen MR) is 114 cm³/mol. The Hall–Kier alpha value is -3.39. The van der Waals surface area contributed by atoms with Gasteiger partial charge < -0.3 is 19.0 Å². The van der Waals surface area contributed by atoms with Crippen molar-refractivity contribution in [1.82, 2.24) is 19.9 Å². The Labute approximate surface area is 178 Å². The molecule has 0 aliphatic heterocycles. The minimum Gasteiger partial charge on any atom is -0.497 e. The Kier molecular flexibility index (Phi) is 5.67. The molecule has 4 rings (SSSR count). The molecule has 4 aromatic rings. The average Bonchev–Trinajstić information content (AvgIpc) is 3.49. The van der Waals surface area contributed by atoms with E-state index < -0.39 is 6.04 Å². The number of amides is 1. The van der Waals surface area contributed by atoms with Crippen molar-refractivity contribution < 1.29 is 13.9 Å². The van der Waals surface area contributed by atoms with Crippen LogP contribution in [0.2, 0.25) is 0 Å². The second kappa shape index (κ2) is 8.54. The second-order valence-corrected chi connectivity index (χ2v) is 7.80. The van der Waals surface area contributed by atoms with Crippen LogP contribution >= 0.6 is 11.3 Å². The van der Waals surface area contributed by atoms with E-state index in [1.54, 1.807) is 24.6 Å². The number of rotatable bonds is 7. The van der Waals surface area contributed by atoms with Gasteiger partial charge in [0.25, 0.3) is 0 Å². The summed E-state index contributed by atoms with van der Waals surface area (Å²) < 4.78 is 13.0. The van der Waals surface area contributed by atoms with Crippen molar-refractivity contribution in [3.05, 3.63) is 77.0 Å². The third-order valence-electron chi connectivity index (χ3n) is 4.80. The first-order chi connectivity index (χ1) is 14.5. The van der Waals surface area contributed by atoms with Crippen LogP contribution in [0.15, 0.2) is 58.6 Å². The maximum atomic E-state index is 12.9. The highest BCUT2D eigenvalue weighted by Gasteiger charge is 2.23. The van der Waals surface area contributed by atoms with E-state index in [2.05, 4.69) is 15.3 Å². The molecule has 30 heavy (non-hydrogen) atoms. The number of nitrogens with one attached hydrogen (secondary N) is 1. The summed E-state index contributed by atoms with van der Waals surface area (Å²) in [4.78, 5) is 22.8. The lowest BCUT2D eigenvalue weighted by atomic mass is 10.1. The third-order valence-corrected chi connectivity index (χ3v) is 5.66. The van der Waals surface area contributed by atoms with Crippen molar-refractivity contribution in [2.75, 3.05) is 7.11 Å². The van der Waals surface area contributed by atoms with Gasteiger partial charge in [0.05, 0.1) is 24.1 Å². The number of oxazole rings is 1. The minimum atomic E-state index is -0.420. The molecular weight excluding hydrogens is 400 g/mol. The molecule has 0 bridgehead atoms. The number of methoxy groups -OCH3 is 1. The Bertz CT molecular complexity index is 1150. The predicted octanol–water partition coefficient (Wildman–Crippen LogP) is 3.90. The van der Waals surface area contributed by atoms with Gasteiger partial charge in [-0.1, -0.05) is 18.2 Å². The van der Waals surface area contributed by atoms with Crippen molar-refractivity contribution in [3.8, 4) is 16.5 Å². The maximum absolute atomic E-state index is 12.9. The first kappa shape index (κ1) is 19.9. The molecule has 0 saturated heterocycles. The fourth-order valence-electron chi connectivity index (χ4n) is 3.24. The van der Waals surface area contributed by atoms with Gasteiger partial charge in [-0.25, -0.2) is 9.97 Å². The monoisotopic (exact) mass is 422 g/mol. The molecular formula is C22H22N4O3S. The SMILES string of the molecule is COc1cccc(C(NC(=O)Cc2nc(-c3cccs3)oc2C)c2nccn2C)c1. The zero-order chi connectivity index (χ0) is 21.1. The highest BCUT2D eigenvalue weighted by atomic mass is 32.1. The zero-order valence-corrected chi connectivity index (χ0v) is 17.8. The van der Waals surface area contributed by atoms with Crippen molar-refractivity contribution in [1.29, 1.82) is 0 Å². The standard InChI is InChI=1S/C22H22N4O3S/c1-14-17(24-22(29-14)18-8-5-11-30-18)13-19(27)25-20(21-23-9-10-26(21)2)15-6-4-7-16(12-15)28-3/h4-12,20H,13H2,1-3H3,(H,25,27). The molecule has 3 heterocycles. The topological polar surface area (TPSA) is 82.2 Å². The van der Waals surface area contributed by atoms with Crippen LogP contribution in [-0.2, 0) is 18.3 Å². The van der Waals surface area contributed by atoms with Crippen LogP contribution in [0.3, 0.4) is 0 Å². The van der Waals surface area contributed by atoms with Gasteiger partial charge in [-0.3, -0.25) is 4.79 Å². The summed E-state index contributed by atoms with van der Waals surface area (Å²) in [5.41, 5.74) is 1.51. The highest BCUT2D eigenvalue weighted by Crippen LogP contribution is 2.27. The number of thiophene rings is 1. The van der Waals surface area contributed by atoms with E-state index in [0.29, 0.717) is 23.1 Å². The Morgan fingerprint density at radius 3 is 2.90 bits per heavy atom. The first-order valence-corrected chi connectivity index (χ1v) is 10.3. The molecule has 1 aromatic carbocycles. The van der Waals surface area contributed by atoms with E-state index in [-0.39, 0.29) is 12.3 Å². The molecule has 1 N–H and O–H groups in total. The second-order valence-electron chi connectivity index (χ2n) is 6.85. The molecule has 0 spiro atoms. The van der Waals surface area contributed by atoms with Crippen LogP contribution in [0.1, 0.15) is 28.9 Å². The number of aromatic nitrogens is 3. The minimum absolute atomic E-state index is 0.117. The van der Waals surface area contributed by atoms with Crippen LogP contribution in [-0.4, -0.2) is 27.6 Å². The fourth-order valence-corrected chi connectivity index (χ4v) is 3.88. The van der Waals surface area contributed by atoms with Gasteiger partial charge in [-0.2, -0.15) is 0 Å². The van der Waals surface area contributed by atoms with Gasteiger partial charge in [-0.15, -0.1) is 11.3 Å². The first-order valence-electron chi connectivity index (χ1n) is 9.46. The molecule has 1 unspecified atom stereocenters. The largest absolute Gasteiger partial charge is 0.497 e. The van der Waals surface area contributed by atoms with Gasteiger partial charge in [-0.05, 0) is 36.1 Å². The third kappa shape index (κ3) is 4.13. The van der Waals surface area contributed by atoms with Crippen molar-refractivity contribution in [2.45, 2.75) is 19.4 Å². The summed E-state index contributed by atoms with van der Waals surface area (Å²) in [6, 6.07) is 11.1. The summed E-state index contributed by atoms with van der Waals surface area (Å²) in [7, 11) is 3.52. The van der Waals surface area contributed by atoms with Crippen LogP contribution in [0.25, 0.3) is 10.8 Å². The number of hydrogen-bond acceptors (Lipinski definition) is 6. The number of ether oxygens (including phenoxy) is 1. The van der Waals surface area contributed by atoms with Crippen LogP contribution in [0.5, 0.6) is 5.75 Å². The summed E-state index contributed by atoms with van der Waals surface area (Å²) >= 11 is 1.55. The molecule has 0 aliphatic carbocycles. The molecule has 3 aromatic heterocycles. The normalized spacial score (nSPS) is 12.0. The van der Waals surface area contributed by atoms with E-state index in [1.165, 1.54) is 0 Å². The summed E-state index contributed by atoms with van der Waals surface area (Å²) in [6.07, 6.45) is 3.68. The number of imidazole rings is 1. The highest BCUT2D eigenvalue weighted by molar-refractivity contribution is 7.13. The molecule has 8 heteroatoms. The van der Waals surface area contributed by atoms with Gasteiger partial charge >= 0.3 is 0 Å². The lowest BCUT2D eigenvalue weighted by Gasteiger charge is -2.19. The molecule has 1 atom stereocenters. The molecule has 0 fully saturated rings. The summed E-state index contributed by atoms with van der Waals surface area (Å²) in [5.74, 6) is 2.46. The van der Waals surface area contributed by atoms with Crippen molar-refractivity contribution >= 4 is 17.2 Å². The average molecular weight is 423 g/mol. The van der Waals surface area contributed by atoms with Crippen molar-refractivity contribution in [2.24, 2.45) is 7.05 Å². The molecule has 0 radical (unpaired) electrons. The van der Waals surface area contributed by atoms with Crippen LogP contribution in [0, 0.1) is 6.92 Å². The van der Waals surface area contributed by atoms with Gasteiger partial charge in [0, 0.05) is 19.4 Å². The number of aryl methyl sites for hydroxylation is 2. The lowest BCUT2D eigenvalue weighted by molar-refractivity contribution is -0.121. The van der Waals surface area contributed by atoms with Gasteiger partial charge in [0.1, 0.15) is 23.4 Å². The number of hydrogen-bond donors (Lipinski definition) is 1. The van der Waals surface area contributed by atoms with Gasteiger partial charge in [0.15, 0.2) is 0 Å². The number of carbonyl (C=O) groups is 1. The number of benzene rings is 1. The lowest BCUT2D eigenvalue weighted by Crippen LogP contribution is -2.32. The van der Waals surface area contributed by atoms with Crippen LogP contribution < -0.4 is 10.1 Å². The van der Waals surface area contributed by atoms with E-state index in [0.717, 1.165) is 16.3 Å². The van der Waals surface area contributed by atoms with E-state index in [9.17, 15) is 4.79 Å². The maximum Gasteiger partial charge on any atom is 0.236 e. The zero-order valence-electron chi connectivity index (χ0n) is 17.0. The molecule has 0 saturated carbocycles. The molecule has 7 nitrogen and oxygen atoms in total. The summed E-state index contributed by atoms with van der Waals surface area (Å²) in [5, 5.41) is 5.06. The number of nitrogens with zero attached hydrogens (tertiary/aromatic N) is 3. The molecule has 1 amide bonds. The summed E-state index contributed by atoms with van der Waals surface area (Å²) in [6.45, 7) is 1.82. The van der Waals surface area contributed by atoms with E-state index >= 15 is 0 Å².